The summed E-state index contributed by atoms with van der Waals surface area (Å²) in [6.07, 6.45) is 9.14. The van der Waals surface area contributed by atoms with E-state index in [-0.39, 0.29) is 5.41 Å². The largest absolute Gasteiger partial charge is 0.0913 e. The summed E-state index contributed by atoms with van der Waals surface area (Å²) in [5.74, 6) is 2.38. The summed E-state index contributed by atoms with van der Waals surface area (Å²) in [7, 11) is 13.2. The third-order valence-electron chi connectivity index (χ3n) is 5.61. The summed E-state index contributed by atoms with van der Waals surface area (Å²) < 4.78 is 0. The third kappa shape index (κ3) is 2.47. The Hall–Kier alpha value is 0.130. The predicted molar refractivity (Wildman–Crippen MR) is 76.4 cm³/mol. The van der Waals surface area contributed by atoms with Crippen molar-refractivity contribution >= 4 is 15.7 Å². The second kappa shape index (κ2) is 4.67. The van der Waals surface area contributed by atoms with Crippen LogP contribution in [0.15, 0.2) is 0 Å². The molecule has 0 saturated heterocycles. The first-order chi connectivity index (χ1) is 7.87. The fourth-order valence-corrected chi connectivity index (χ4v) is 4.29. The summed E-state index contributed by atoms with van der Waals surface area (Å²) >= 11 is 0. The van der Waals surface area contributed by atoms with E-state index in [1.54, 1.807) is 0 Å². The van der Waals surface area contributed by atoms with Gasteiger partial charge in [0.05, 0.1) is 15.7 Å². The molecular weight excluding hydrogens is 202 g/mol. The predicted octanol–water partition coefficient (Wildman–Crippen LogP) is 4.09. The lowest BCUT2D eigenvalue weighted by Crippen LogP contribution is -2.41. The van der Waals surface area contributed by atoms with Crippen LogP contribution < -0.4 is 0 Å². The van der Waals surface area contributed by atoms with Gasteiger partial charge < -0.3 is 0 Å². The van der Waals surface area contributed by atoms with Crippen molar-refractivity contribution in [3.05, 3.63) is 0 Å². The average Bonchev–Trinajstić information content (AvgIpc) is 2.57. The highest BCUT2D eigenvalue weighted by Gasteiger charge is 2.45. The molecule has 2 unspecified atom stereocenters. The van der Waals surface area contributed by atoms with E-state index >= 15 is 0 Å². The standard InChI is InChI=1S/C15H26B2/c1-4-7-14(2,3)15(16,17)13-9-11-5-6-12(8-11)10-13/h11-13H,4-10H2,1-3H3. The molecule has 0 aliphatic heterocycles. The zero-order valence-electron chi connectivity index (χ0n) is 11.8. The fourth-order valence-electron chi connectivity index (χ4n) is 4.29. The Kier molecular flexibility index (Phi) is 3.72. The average molecular weight is 228 g/mol. The van der Waals surface area contributed by atoms with Crippen LogP contribution >= 0.6 is 0 Å². The van der Waals surface area contributed by atoms with E-state index in [1.807, 2.05) is 0 Å². The molecule has 0 amide bonds. The Morgan fingerprint density at radius 1 is 1.00 bits per heavy atom. The van der Waals surface area contributed by atoms with Crippen LogP contribution in [0.5, 0.6) is 0 Å². The topological polar surface area (TPSA) is 0 Å². The molecule has 2 rings (SSSR count). The molecule has 0 nitrogen and oxygen atoms in total. The minimum absolute atomic E-state index is 0.0587. The van der Waals surface area contributed by atoms with Gasteiger partial charge in [0.1, 0.15) is 0 Å². The highest BCUT2D eigenvalue weighted by molar-refractivity contribution is 6.40. The van der Waals surface area contributed by atoms with Crippen molar-refractivity contribution in [2.75, 3.05) is 0 Å². The summed E-state index contributed by atoms with van der Waals surface area (Å²) in [6.45, 7) is 6.74. The van der Waals surface area contributed by atoms with Crippen LogP contribution in [0.3, 0.4) is 0 Å². The summed E-state index contributed by atoms with van der Waals surface area (Å²) in [5.41, 5.74) is 0.0587. The van der Waals surface area contributed by atoms with E-state index in [0.29, 0.717) is 5.92 Å². The lowest BCUT2D eigenvalue weighted by molar-refractivity contribution is 0.148. The van der Waals surface area contributed by atoms with Gasteiger partial charge in [-0.3, -0.25) is 0 Å². The molecule has 4 radical (unpaired) electrons. The van der Waals surface area contributed by atoms with Crippen LogP contribution in [-0.2, 0) is 0 Å². The number of hydrogen-bond donors (Lipinski definition) is 0. The van der Waals surface area contributed by atoms with Gasteiger partial charge in [0.25, 0.3) is 0 Å². The summed E-state index contributed by atoms with van der Waals surface area (Å²) in [4.78, 5) is 0. The minimum Gasteiger partial charge on any atom is -0.0913 e. The van der Waals surface area contributed by atoms with Crippen molar-refractivity contribution in [1.82, 2.24) is 0 Å². The van der Waals surface area contributed by atoms with Crippen LogP contribution in [0.2, 0.25) is 5.21 Å². The molecule has 17 heavy (non-hydrogen) atoms. The molecule has 0 aromatic heterocycles. The first kappa shape index (κ1) is 13.6. The molecular formula is C15H26B2. The molecule has 2 heteroatoms. The van der Waals surface area contributed by atoms with Crippen molar-refractivity contribution in [1.29, 1.82) is 0 Å². The highest BCUT2D eigenvalue weighted by Crippen LogP contribution is 2.57. The van der Waals surface area contributed by atoms with Gasteiger partial charge in [-0.1, -0.05) is 51.2 Å². The smallest absolute Gasteiger partial charge is 0.0631 e. The number of fused-ring (bicyclic) bond motifs is 2. The monoisotopic (exact) mass is 228 g/mol. The maximum atomic E-state index is 6.59. The maximum Gasteiger partial charge on any atom is 0.0631 e. The first-order valence-electron chi connectivity index (χ1n) is 7.44. The van der Waals surface area contributed by atoms with Gasteiger partial charge in [-0.2, -0.15) is 0 Å². The van der Waals surface area contributed by atoms with Gasteiger partial charge in [0.2, 0.25) is 0 Å². The fraction of sp³-hybridized carbons (Fsp3) is 1.00. The molecule has 0 heterocycles. The van der Waals surface area contributed by atoms with Crippen LogP contribution in [0.1, 0.15) is 65.7 Å². The Morgan fingerprint density at radius 2 is 1.53 bits per heavy atom. The lowest BCUT2D eigenvalue weighted by Gasteiger charge is -2.51. The van der Waals surface area contributed by atoms with E-state index in [2.05, 4.69) is 20.8 Å². The molecule has 2 fully saturated rings. The van der Waals surface area contributed by atoms with Gasteiger partial charge in [-0.15, -0.1) is 0 Å². The van der Waals surface area contributed by atoms with Crippen LogP contribution in [-0.4, -0.2) is 15.7 Å². The van der Waals surface area contributed by atoms with Crippen molar-refractivity contribution in [2.24, 2.45) is 23.2 Å². The van der Waals surface area contributed by atoms with Crippen LogP contribution in [0.4, 0.5) is 0 Å². The molecule has 2 saturated carbocycles. The maximum absolute atomic E-state index is 6.59. The highest BCUT2D eigenvalue weighted by atomic mass is 14.5. The summed E-state index contributed by atoms with van der Waals surface area (Å²) in [5, 5.41) is -0.482. The second-order valence-corrected chi connectivity index (χ2v) is 7.28. The zero-order valence-corrected chi connectivity index (χ0v) is 11.8. The number of rotatable bonds is 4. The number of hydrogen-bond acceptors (Lipinski definition) is 0. The van der Waals surface area contributed by atoms with E-state index in [0.717, 1.165) is 18.3 Å². The molecule has 2 bridgehead atoms. The van der Waals surface area contributed by atoms with Gasteiger partial charge in [0.15, 0.2) is 0 Å². The summed E-state index contributed by atoms with van der Waals surface area (Å²) in [6, 6.07) is 0. The third-order valence-corrected chi connectivity index (χ3v) is 5.61. The lowest BCUT2D eigenvalue weighted by atomic mass is 9.36. The molecule has 0 spiro atoms. The van der Waals surface area contributed by atoms with E-state index in [4.69, 9.17) is 15.7 Å². The first-order valence-corrected chi connectivity index (χ1v) is 7.44. The second-order valence-electron chi connectivity index (χ2n) is 7.28. The molecule has 0 N–H and O–H groups in total. The van der Waals surface area contributed by atoms with Gasteiger partial charge >= 0.3 is 0 Å². The Labute approximate surface area is 110 Å². The molecule has 2 atom stereocenters. The van der Waals surface area contributed by atoms with Gasteiger partial charge in [-0.05, 0) is 42.9 Å². The van der Waals surface area contributed by atoms with Crippen molar-refractivity contribution in [2.45, 2.75) is 70.9 Å². The quantitative estimate of drug-likeness (QED) is 0.635. The normalized spacial score (nSPS) is 33.9. The van der Waals surface area contributed by atoms with E-state index in [1.165, 1.54) is 38.5 Å². The molecule has 0 aromatic carbocycles. The van der Waals surface area contributed by atoms with Crippen molar-refractivity contribution in [3.63, 3.8) is 0 Å². The van der Waals surface area contributed by atoms with Crippen LogP contribution in [0.25, 0.3) is 0 Å². The van der Waals surface area contributed by atoms with Crippen molar-refractivity contribution < 1.29 is 0 Å². The molecule has 2 aliphatic carbocycles. The van der Waals surface area contributed by atoms with Gasteiger partial charge in [-0.25, -0.2) is 0 Å². The van der Waals surface area contributed by atoms with Crippen molar-refractivity contribution in [3.8, 4) is 0 Å². The Morgan fingerprint density at radius 3 is 2.00 bits per heavy atom. The zero-order chi connectivity index (χ0) is 12.7. The SMILES string of the molecule is [B]C([B])(C1CC2CCC(C2)C1)C(C)(C)CCC. The molecule has 2 aliphatic rings. The van der Waals surface area contributed by atoms with Crippen LogP contribution in [0, 0.1) is 23.2 Å². The van der Waals surface area contributed by atoms with E-state index < -0.39 is 5.21 Å². The molecule has 92 valence electrons. The van der Waals surface area contributed by atoms with Gasteiger partial charge in [0, 0.05) is 0 Å². The Bertz CT molecular complexity index is 258. The van der Waals surface area contributed by atoms with E-state index in [9.17, 15) is 0 Å². The minimum atomic E-state index is -0.482. The molecule has 0 aromatic rings. The Balaban J connectivity index is 2.09.